The Morgan fingerprint density at radius 2 is 2.19 bits per heavy atom. The van der Waals surface area contributed by atoms with Crippen molar-refractivity contribution in [2.45, 2.75) is 13.0 Å². The first-order chi connectivity index (χ1) is 7.60. The van der Waals surface area contributed by atoms with E-state index in [9.17, 15) is 13.6 Å². The maximum absolute atomic E-state index is 13.4. The fourth-order valence-corrected chi connectivity index (χ4v) is 1.38. The molecule has 1 atom stereocenters. The number of carbonyl (C=O) groups is 1. The summed E-state index contributed by atoms with van der Waals surface area (Å²) in [4.78, 5) is 11.4. The first kappa shape index (κ1) is 12.6. The summed E-state index contributed by atoms with van der Waals surface area (Å²) < 4.78 is 30.7. The van der Waals surface area contributed by atoms with Gasteiger partial charge in [0, 0.05) is 11.6 Å². The molecule has 0 spiro atoms. The number of nitrogens with one attached hydrogen (secondary N) is 1. The molecule has 0 fully saturated rings. The molecule has 0 aliphatic carbocycles. The molecule has 0 saturated carbocycles. The molecule has 0 heterocycles. The van der Waals surface area contributed by atoms with Gasteiger partial charge in [-0.05, 0) is 12.6 Å². The van der Waals surface area contributed by atoms with Crippen molar-refractivity contribution in [1.82, 2.24) is 5.32 Å². The van der Waals surface area contributed by atoms with Crippen molar-refractivity contribution in [3.05, 3.63) is 35.4 Å². The zero-order valence-electron chi connectivity index (χ0n) is 9.09. The number of carbonyl (C=O) groups excluding carboxylic acids is 1. The van der Waals surface area contributed by atoms with Gasteiger partial charge in [-0.25, -0.2) is 13.6 Å². The zero-order chi connectivity index (χ0) is 12.1. The number of hydrogen-bond acceptors (Lipinski definition) is 3. The average Bonchev–Trinajstić information content (AvgIpc) is 2.26. The Hall–Kier alpha value is -1.49. The second kappa shape index (κ2) is 5.55. The highest BCUT2D eigenvalue weighted by Crippen LogP contribution is 2.19. The molecule has 1 N–H and O–H groups in total. The molecule has 0 aromatic heterocycles. The van der Waals surface area contributed by atoms with Crippen LogP contribution < -0.4 is 5.32 Å². The van der Waals surface area contributed by atoms with Gasteiger partial charge >= 0.3 is 5.97 Å². The van der Waals surface area contributed by atoms with E-state index in [1.54, 1.807) is 6.92 Å². The van der Waals surface area contributed by atoms with Crippen molar-refractivity contribution >= 4 is 5.97 Å². The number of halogens is 2. The summed E-state index contributed by atoms with van der Waals surface area (Å²) >= 11 is 0. The molecule has 5 heteroatoms. The van der Waals surface area contributed by atoms with Crippen LogP contribution >= 0.6 is 0 Å². The molecule has 0 aliphatic heterocycles. The maximum Gasteiger partial charge on any atom is 0.327 e. The van der Waals surface area contributed by atoms with E-state index in [2.05, 4.69) is 10.1 Å². The summed E-state index contributed by atoms with van der Waals surface area (Å²) in [5.41, 5.74) is 0.0788. The molecule has 1 rings (SSSR count). The van der Waals surface area contributed by atoms with Crippen molar-refractivity contribution < 1.29 is 18.3 Å². The molecule has 1 unspecified atom stereocenters. The van der Waals surface area contributed by atoms with E-state index in [0.29, 0.717) is 6.54 Å². The topological polar surface area (TPSA) is 38.3 Å². The monoisotopic (exact) mass is 229 g/mol. The third kappa shape index (κ3) is 2.76. The number of rotatable bonds is 4. The Morgan fingerprint density at radius 3 is 2.69 bits per heavy atom. The summed E-state index contributed by atoms with van der Waals surface area (Å²) in [6.07, 6.45) is 0. The molecule has 88 valence electrons. The Labute approximate surface area is 92.4 Å². The normalized spacial score (nSPS) is 12.2. The van der Waals surface area contributed by atoms with E-state index < -0.39 is 23.6 Å². The van der Waals surface area contributed by atoms with E-state index >= 15 is 0 Å². The third-order valence-electron chi connectivity index (χ3n) is 2.12. The van der Waals surface area contributed by atoms with Crippen LogP contribution in [0.1, 0.15) is 18.5 Å². The van der Waals surface area contributed by atoms with Gasteiger partial charge in [0.1, 0.15) is 17.7 Å². The van der Waals surface area contributed by atoms with E-state index in [1.165, 1.54) is 13.2 Å². The van der Waals surface area contributed by atoms with Crippen LogP contribution in [0.2, 0.25) is 0 Å². The van der Waals surface area contributed by atoms with Gasteiger partial charge in [-0.3, -0.25) is 0 Å². The van der Waals surface area contributed by atoms with Gasteiger partial charge < -0.3 is 10.1 Å². The molecular weight excluding hydrogens is 216 g/mol. The Balaban J connectivity index is 3.05. The van der Waals surface area contributed by atoms with Crippen LogP contribution in [0, 0.1) is 11.6 Å². The molecule has 0 saturated heterocycles. The van der Waals surface area contributed by atoms with E-state index in [4.69, 9.17) is 0 Å². The summed E-state index contributed by atoms with van der Waals surface area (Å²) in [6, 6.07) is 2.17. The van der Waals surface area contributed by atoms with Crippen LogP contribution in [0.5, 0.6) is 0 Å². The molecule has 1 aromatic rings. The van der Waals surface area contributed by atoms with Gasteiger partial charge in [0.2, 0.25) is 0 Å². The highest BCUT2D eigenvalue weighted by atomic mass is 19.1. The highest BCUT2D eigenvalue weighted by Gasteiger charge is 2.23. The van der Waals surface area contributed by atoms with Gasteiger partial charge in [0.15, 0.2) is 0 Å². The van der Waals surface area contributed by atoms with Crippen molar-refractivity contribution in [2.75, 3.05) is 13.7 Å². The van der Waals surface area contributed by atoms with Crippen molar-refractivity contribution in [1.29, 1.82) is 0 Å². The summed E-state index contributed by atoms with van der Waals surface area (Å²) in [7, 11) is 1.22. The molecule has 0 radical (unpaired) electrons. The Morgan fingerprint density at radius 1 is 1.50 bits per heavy atom. The number of hydrogen-bond donors (Lipinski definition) is 1. The van der Waals surface area contributed by atoms with Crippen LogP contribution in [-0.4, -0.2) is 19.6 Å². The lowest BCUT2D eigenvalue weighted by Gasteiger charge is -2.16. The minimum atomic E-state index is -0.907. The first-order valence-electron chi connectivity index (χ1n) is 4.86. The predicted octanol–water partition coefficient (Wildman–Crippen LogP) is 1.79. The summed E-state index contributed by atoms with van der Waals surface area (Å²) in [5.74, 6) is -2.05. The largest absolute Gasteiger partial charge is 0.468 e. The van der Waals surface area contributed by atoms with Crippen molar-refractivity contribution in [3.63, 3.8) is 0 Å². The smallest absolute Gasteiger partial charge is 0.327 e. The van der Waals surface area contributed by atoms with Crippen LogP contribution in [0.3, 0.4) is 0 Å². The lowest BCUT2D eigenvalue weighted by atomic mass is 10.1. The SMILES string of the molecule is CCNC(C(=O)OC)c1ccc(F)cc1F. The average molecular weight is 229 g/mol. The summed E-state index contributed by atoms with van der Waals surface area (Å²) in [5, 5.41) is 2.77. The number of methoxy groups -OCH3 is 1. The van der Waals surface area contributed by atoms with Gasteiger partial charge in [-0.1, -0.05) is 13.0 Å². The standard InChI is InChI=1S/C11H13F2NO2/c1-3-14-10(11(15)16-2)8-5-4-7(12)6-9(8)13/h4-6,10,14H,3H2,1-2H3. The van der Waals surface area contributed by atoms with Crippen molar-refractivity contribution in [3.8, 4) is 0 Å². The second-order valence-corrected chi connectivity index (χ2v) is 3.18. The number of benzene rings is 1. The molecule has 0 bridgehead atoms. The number of ether oxygens (including phenoxy) is 1. The fourth-order valence-electron chi connectivity index (χ4n) is 1.38. The zero-order valence-corrected chi connectivity index (χ0v) is 9.09. The minimum absolute atomic E-state index is 0.0788. The van der Waals surface area contributed by atoms with Crippen LogP contribution in [-0.2, 0) is 9.53 Å². The molecule has 0 amide bonds. The van der Waals surface area contributed by atoms with Gasteiger partial charge in [0.25, 0.3) is 0 Å². The van der Waals surface area contributed by atoms with E-state index in [0.717, 1.165) is 12.1 Å². The van der Waals surface area contributed by atoms with Gasteiger partial charge in [-0.15, -0.1) is 0 Å². The second-order valence-electron chi connectivity index (χ2n) is 3.18. The fraction of sp³-hybridized carbons (Fsp3) is 0.364. The first-order valence-corrected chi connectivity index (χ1v) is 4.86. The highest BCUT2D eigenvalue weighted by molar-refractivity contribution is 5.77. The van der Waals surface area contributed by atoms with Gasteiger partial charge in [-0.2, -0.15) is 0 Å². The van der Waals surface area contributed by atoms with E-state index in [1.807, 2.05) is 0 Å². The van der Waals surface area contributed by atoms with E-state index in [-0.39, 0.29) is 5.56 Å². The predicted molar refractivity (Wildman–Crippen MR) is 54.8 cm³/mol. The lowest BCUT2D eigenvalue weighted by Crippen LogP contribution is -2.30. The Kier molecular flexibility index (Phi) is 4.37. The van der Waals surface area contributed by atoms with Crippen LogP contribution in [0.25, 0.3) is 0 Å². The lowest BCUT2D eigenvalue weighted by molar-refractivity contribution is -0.143. The maximum atomic E-state index is 13.4. The quantitative estimate of drug-likeness (QED) is 0.800. The minimum Gasteiger partial charge on any atom is -0.468 e. The third-order valence-corrected chi connectivity index (χ3v) is 2.12. The molecule has 3 nitrogen and oxygen atoms in total. The molecule has 16 heavy (non-hydrogen) atoms. The molecule has 1 aromatic carbocycles. The number of esters is 1. The summed E-state index contributed by atoms with van der Waals surface area (Å²) in [6.45, 7) is 2.24. The number of likely N-dealkylation sites (N-methyl/N-ethyl adjacent to an activating group) is 1. The van der Waals surface area contributed by atoms with Gasteiger partial charge in [0.05, 0.1) is 7.11 Å². The Bertz CT molecular complexity index is 382. The van der Waals surface area contributed by atoms with Crippen molar-refractivity contribution in [2.24, 2.45) is 0 Å². The molecular formula is C11H13F2NO2. The van der Waals surface area contributed by atoms with Crippen LogP contribution in [0.4, 0.5) is 8.78 Å². The molecule has 0 aliphatic rings. The van der Waals surface area contributed by atoms with Crippen LogP contribution in [0.15, 0.2) is 18.2 Å².